The predicted octanol–water partition coefficient (Wildman–Crippen LogP) is 3.31. The average Bonchev–Trinajstić information content (AvgIpc) is 2.61. The van der Waals surface area contributed by atoms with E-state index in [4.69, 9.17) is 17.3 Å². The quantitative estimate of drug-likeness (QED) is 0.915. The van der Waals surface area contributed by atoms with Crippen molar-refractivity contribution in [3.63, 3.8) is 0 Å². The van der Waals surface area contributed by atoms with E-state index >= 15 is 0 Å². The number of rotatable bonds is 3. The Morgan fingerprint density at radius 1 is 1.44 bits per heavy atom. The molecule has 0 atom stereocenters. The maximum absolute atomic E-state index is 6.56. The second-order valence-corrected chi connectivity index (χ2v) is 6.26. The molecule has 1 aliphatic rings. The number of halogens is 1. The molecule has 2 N–H and O–H groups in total. The smallest absolute Gasteiger partial charge is 0.0847 e. The van der Waals surface area contributed by atoms with Crippen molar-refractivity contribution in [3.05, 3.63) is 16.4 Å². The summed E-state index contributed by atoms with van der Waals surface area (Å²) in [6.45, 7) is 7.23. The molecule has 1 aromatic heterocycles. The van der Waals surface area contributed by atoms with E-state index in [1.54, 1.807) is 0 Å². The number of aryl methyl sites for hydroxylation is 2. The van der Waals surface area contributed by atoms with E-state index in [-0.39, 0.29) is 5.54 Å². The minimum atomic E-state index is -0.0878. The summed E-state index contributed by atoms with van der Waals surface area (Å²) in [5, 5.41) is 5.28. The molecule has 0 unspecified atom stereocenters. The molecule has 0 radical (unpaired) electrons. The van der Waals surface area contributed by atoms with Crippen molar-refractivity contribution in [1.29, 1.82) is 0 Å². The van der Waals surface area contributed by atoms with Gasteiger partial charge < -0.3 is 5.73 Å². The van der Waals surface area contributed by atoms with Gasteiger partial charge in [0, 0.05) is 18.5 Å². The summed E-state index contributed by atoms with van der Waals surface area (Å²) in [6.07, 6.45) is 5.50. The molecule has 18 heavy (non-hydrogen) atoms. The van der Waals surface area contributed by atoms with Crippen molar-refractivity contribution in [3.8, 4) is 0 Å². The van der Waals surface area contributed by atoms with Gasteiger partial charge in [-0.05, 0) is 45.4 Å². The Morgan fingerprint density at radius 3 is 2.61 bits per heavy atom. The zero-order valence-electron chi connectivity index (χ0n) is 11.7. The van der Waals surface area contributed by atoms with Gasteiger partial charge in [0.05, 0.1) is 16.4 Å². The highest BCUT2D eigenvalue weighted by atomic mass is 35.5. The largest absolute Gasteiger partial charge is 0.325 e. The molecule has 1 aliphatic carbocycles. The second kappa shape index (κ2) is 5.22. The van der Waals surface area contributed by atoms with Crippen LogP contribution in [-0.2, 0) is 13.0 Å². The molecule has 3 nitrogen and oxygen atoms in total. The fourth-order valence-corrected chi connectivity index (χ4v) is 3.09. The van der Waals surface area contributed by atoms with Gasteiger partial charge in [-0.3, -0.25) is 4.68 Å². The molecule has 1 saturated carbocycles. The van der Waals surface area contributed by atoms with Crippen molar-refractivity contribution in [1.82, 2.24) is 9.78 Å². The number of nitrogens with two attached hydrogens (primary N) is 1. The van der Waals surface area contributed by atoms with Gasteiger partial charge in [-0.2, -0.15) is 5.10 Å². The van der Waals surface area contributed by atoms with E-state index in [0.29, 0.717) is 0 Å². The van der Waals surface area contributed by atoms with Crippen LogP contribution in [0.25, 0.3) is 0 Å². The van der Waals surface area contributed by atoms with Gasteiger partial charge in [0.1, 0.15) is 0 Å². The zero-order valence-corrected chi connectivity index (χ0v) is 12.4. The van der Waals surface area contributed by atoms with Crippen molar-refractivity contribution in [2.75, 3.05) is 0 Å². The molecule has 102 valence electrons. The Morgan fingerprint density at radius 2 is 2.06 bits per heavy atom. The highest BCUT2D eigenvalue weighted by Crippen LogP contribution is 2.34. The minimum absolute atomic E-state index is 0.0878. The lowest BCUT2D eigenvalue weighted by Crippen LogP contribution is -2.45. The maximum atomic E-state index is 6.56. The third-order valence-corrected chi connectivity index (χ3v) is 4.73. The Bertz CT molecular complexity index is 417. The highest BCUT2D eigenvalue weighted by molar-refractivity contribution is 6.31. The number of hydrogen-bond acceptors (Lipinski definition) is 2. The van der Waals surface area contributed by atoms with Gasteiger partial charge in [0.25, 0.3) is 0 Å². The Hall–Kier alpha value is -0.540. The molecular formula is C14H24ClN3. The van der Waals surface area contributed by atoms with Gasteiger partial charge in [-0.25, -0.2) is 0 Å². The first-order chi connectivity index (χ1) is 8.45. The normalized spacial score (nSPS) is 28.6. The van der Waals surface area contributed by atoms with E-state index in [9.17, 15) is 0 Å². The number of aromatic nitrogens is 2. The summed E-state index contributed by atoms with van der Waals surface area (Å²) in [5.41, 5.74) is 8.50. The first-order valence-electron chi connectivity index (χ1n) is 6.96. The monoisotopic (exact) mass is 269 g/mol. The third kappa shape index (κ3) is 2.72. The number of hydrogen-bond donors (Lipinski definition) is 1. The zero-order chi connectivity index (χ0) is 13.3. The summed E-state index contributed by atoms with van der Waals surface area (Å²) in [5.74, 6) is 0.815. The summed E-state index contributed by atoms with van der Waals surface area (Å²) in [6, 6.07) is 0. The van der Waals surface area contributed by atoms with Crippen molar-refractivity contribution in [2.45, 2.75) is 65.0 Å². The van der Waals surface area contributed by atoms with Crippen molar-refractivity contribution >= 4 is 11.6 Å². The lowest BCUT2D eigenvalue weighted by Gasteiger charge is -2.36. The van der Waals surface area contributed by atoms with E-state index in [2.05, 4.69) is 18.9 Å². The lowest BCUT2D eigenvalue weighted by molar-refractivity contribution is 0.240. The van der Waals surface area contributed by atoms with Crippen LogP contribution in [0, 0.1) is 12.8 Å². The van der Waals surface area contributed by atoms with Crippen LogP contribution in [0.5, 0.6) is 0 Å². The third-order valence-electron chi connectivity index (χ3n) is 4.24. The molecule has 1 aromatic rings. The Kier molecular flexibility index (Phi) is 4.02. The lowest BCUT2D eigenvalue weighted by atomic mass is 9.75. The Labute approximate surface area is 115 Å². The highest BCUT2D eigenvalue weighted by Gasteiger charge is 2.32. The van der Waals surface area contributed by atoms with Crippen molar-refractivity contribution < 1.29 is 0 Å². The standard InChI is InChI=1S/C14H24ClN3/c1-4-18-12(13(15)11(3)17-18)9-14(16)7-5-10(2)6-8-14/h10H,4-9,16H2,1-3H3. The van der Waals surface area contributed by atoms with Gasteiger partial charge in [0.2, 0.25) is 0 Å². The summed E-state index contributed by atoms with van der Waals surface area (Å²) < 4.78 is 2.00. The van der Waals surface area contributed by atoms with Crippen LogP contribution in [-0.4, -0.2) is 15.3 Å². The molecule has 1 fully saturated rings. The van der Waals surface area contributed by atoms with Crippen LogP contribution in [0.15, 0.2) is 0 Å². The first kappa shape index (κ1) is 13.9. The maximum Gasteiger partial charge on any atom is 0.0847 e. The van der Waals surface area contributed by atoms with Crippen LogP contribution in [0.1, 0.15) is 50.9 Å². The molecule has 0 aliphatic heterocycles. The molecular weight excluding hydrogens is 246 g/mol. The van der Waals surface area contributed by atoms with Crippen LogP contribution < -0.4 is 5.73 Å². The first-order valence-corrected chi connectivity index (χ1v) is 7.33. The molecule has 0 aromatic carbocycles. The van der Waals surface area contributed by atoms with Gasteiger partial charge in [-0.15, -0.1) is 0 Å². The second-order valence-electron chi connectivity index (χ2n) is 5.88. The fraction of sp³-hybridized carbons (Fsp3) is 0.786. The molecule has 0 saturated heterocycles. The van der Waals surface area contributed by atoms with Gasteiger partial charge in [-0.1, -0.05) is 18.5 Å². The number of nitrogens with zero attached hydrogens (tertiary/aromatic N) is 2. The molecule has 0 spiro atoms. The predicted molar refractivity (Wildman–Crippen MR) is 75.9 cm³/mol. The summed E-state index contributed by atoms with van der Waals surface area (Å²) in [7, 11) is 0. The van der Waals surface area contributed by atoms with Crippen LogP contribution in [0.3, 0.4) is 0 Å². The van der Waals surface area contributed by atoms with E-state index in [1.807, 2.05) is 11.6 Å². The molecule has 2 rings (SSSR count). The van der Waals surface area contributed by atoms with Gasteiger partial charge in [0.15, 0.2) is 0 Å². The topological polar surface area (TPSA) is 43.8 Å². The average molecular weight is 270 g/mol. The van der Waals surface area contributed by atoms with Crippen LogP contribution >= 0.6 is 11.6 Å². The molecule has 4 heteroatoms. The molecule has 0 amide bonds. The summed E-state index contributed by atoms with van der Waals surface area (Å²) >= 11 is 6.36. The summed E-state index contributed by atoms with van der Waals surface area (Å²) in [4.78, 5) is 0. The van der Waals surface area contributed by atoms with E-state index < -0.39 is 0 Å². The molecule has 1 heterocycles. The van der Waals surface area contributed by atoms with Gasteiger partial charge >= 0.3 is 0 Å². The fourth-order valence-electron chi connectivity index (χ4n) is 2.89. The SMILES string of the molecule is CCn1nc(C)c(Cl)c1CC1(N)CCC(C)CC1. The molecule has 0 bridgehead atoms. The van der Waals surface area contributed by atoms with E-state index in [1.165, 1.54) is 12.8 Å². The van der Waals surface area contributed by atoms with E-state index in [0.717, 1.165) is 48.1 Å². The Balaban J connectivity index is 2.18. The minimum Gasteiger partial charge on any atom is -0.325 e. The van der Waals surface area contributed by atoms with Crippen LogP contribution in [0.2, 0.25) is 5.02 Å². The van der Waals surface area contributed by atoms with Crippen molar-refractivity contribution in [2.24, 2.45) is 11.7 Å². The van der Waals surface area contributed by atoms with Crippen LogP contribution in [0.4, 0.5) is 0 Å².